The van der Waals surface area contributed by atoms with Crippen molar-refractivity contribution in [2.75, 3.05) is 14.2 Å². The monoisotopic (exact) mass is 514 g/mol. The molecule has 2 aromatic carbocycles. The number of aromatic hydroxyl groups is 1. The Bertz CT molecular complexity index is 1300. The summed E-state index contributed by atoms with van der Waals surface area (Å²) in [4.78, 5) is 29.4. The number of pyridine rings is 1. The summed E-state index contributed by atoms with van der Waals surface area (Å²) in [5, 5.41) is 12.6. The van der Waals surface area contributed by atoms with E-state index in [1.807, 2.05) is 0 Å². The molecule has 3 atom stereocenters. The van der Waals surface area contributed by atoms with E-state index in [1.165, 1.54) is 63.7 Å². The predicted molar refractivity (Wildman–Crippen MR) is 131 cm³/mol. The molecule has 0 bridgehead atoms. The van der Waals surface area contributed by atoms with E-state index in [-0.39, 0.29) is 17.2 Å². The first-order valence-corrected chi connectivity index (χ1v) is 11.4. The van der Waals surface area contributed by atoms with Crippen molar-refractivity contribution in [3.63, 3.8) is 0 Å². The maximum absolute atomic E-state index is 13.9. The number of benzene rings is 2. The van der Waals surface area contributed by atoms with Gasteiger partial charge >= 0.3 is 5.97 Å². The molecule has 0 fully saturated rings. The molecule has 10 heteroatoms. The lowest BCUT2D eigenvalue weighted by Gasteiger charge is -2.28. The van der Waals surface area contributed by atoms with Crippen molar-refractivity contribution in [2.45, 2.75) is 38.8 Å². The molecule has 37 heavy (non-hydrogen) atoms. The van der Waals surface area contributed by atoms with Gasteiger partial charge in [-0.05, 0) is 50.1 Å². The summed E-state index contributed by atoms with van der Waals surface area (Å²) in [7, 11) is 2.72. The molecule has 196 valence electrons. The number of halogens is 2. The Balaban J connectivity index is 1.87. The molecule has 0 saturated carbocycles. The van der Waals surface area contributed by atoms with Crippen LogP contribution in [-0.2, 0) is 9.53 Å². The highest BCUT2D eigenvalue weighted by atomic mass is 19.1. The number of rotatable bonds is 9. The molecule has 8 nitrogen and oxygen atoms in total. The van der Waals surface area contributed by atoms with E-state index in [4.69, 9.17) is 14.2 Å². The molecular formula is C27H28F2N2O6. The summed E-state index contributed by atoms with van der Waals surface area (Å²) < 4.78 is 43.8. The number of hydrogen-bond donors (Lipinski definition) is 2. The van der Waals surface area contributed by atoms with Gasteiger partial charge in [-0.2, -0.15) is 0 Å². The molecule has 0 saturated heterocycles. The van der Waals surface area contributed by atoms with Gasteiger partial charge in [0.1, 0.15) is 29.5 Å². The molecule has 0 spiro atoms. The normalized spacial score (nSPS) is 13.3. The molecular weight excluding hydrogens is 486 g/mol. The van der Waals surface area contributed by atoms with E-state index < -0.39 is 47.3 Å². The van der Waals surface area contributed by atoms with Crippen LogP contribution in [0.2, 0.25) is 0 Å². The molecule has 1 heterocycles. The highest BCUT2D eigenvalue weighted by Gasteiger charge is 2.31. The second-order valence-corrected chi connectivity index (χ2v) is 8.41. The molecule has 1 amide bonds. The second-order valence-electron chi connectivity index (χ2n) is 8.41. The number of hydrogen-bond acceptors (Lipinski definition) is 7. The van der Waals surface area contributed by atoms with Crippen LogP contribution in [-0.4, -0.2) is 48.3 Å². The molecule has 0 aliphatic heterocycles. The van der Waals surface area contributed by atoms with E-state index in [2.05, 4.69) is 10.3 Å². The number of nitrogens with zero attached hydrogens (tertiary/aromatic N) is 1. The van der Waals surface area contributed by atoms with Crippen molar-refractivity contribution in [2.24, 2.45) is 0 Å². The van der Waals surface area contributed by atoms with Gasteiger partial charge in [0.15, 0.2) is 17.2 Å². The van der Waals surface area contributed by atoms with Crippen LogP contribution in [0.4, 0.5) is 8.78 Å². The summed E-state index contributed by atoms with van der Waals surface area (Å²) in [5.41, 5.74) is 1.46. The molecule has 0 radical (unpaired) electrons. The maximum atomic E-state index is 13.9. The Hall–Kier alpha value is -4.21. The summed E-state index contributed by atoms with van der Waals surface area (Å²) in [6, 6.07) is 8.47. The number of amides is 1. The highest BCUT2D eigenvalue weighted by molar-refractivity contribution is 5.97. The lowest BCUT2D eigenvalue weighted by Crippen LogP contribution is -2.41. The summed E-state index contributed by atoms with van der Waals surface area (Å²) >= 11 is 0. The number of carbonyl (C=O) groups excluding carboxylic acids is 2. The fourth-order valence-corrected chi connectivity index (χ4v) is 4.05. The maximum Gasteiger partial charge on any atom is 0.328 e. The van der Waals surface area contributed by atoms with Gasteiger partial charge in [-0.3, -0.25) is 4.79 Å². The van der Waals surface area contributed by atoms with Crippen LogP contribution in [0.1, 0.15) is 46.9 Å². The smallest absolute Gasteiger partial charge is 0.328 e. The van der Waals surface area contributed by atoms with Crippen LogP contribution >= 0.6 is 0 Å². The van der Waals surface area contributed by atoms with Crippen molar-refractivity contribution in [3.05, 3.63) is 82.7 Å². The van der Waals surface area contributed by atoms with Gasteiger partial charge in [0.2, 0.25) is 0 Å². The molecule has 2 N–H and O–H groups in total. The van der Waals surface area contributed by atoms with E-state index in [1.54, 1.807) is 19.9 Å². The number of nitrogens with one attached hydrogen (secondary N) is 1. The zero-order chi connectivity index (χ0) is 27.3. The first-order valence-electron chi connectivity index (χ1n) is 11.4. The van der Waals surface area contributed by atoms with Gasteiger partial charge in [0.25, 0.3) is 5.91 Å². The van der Waals surface area contributed by atoms with Crippen molar-refractivity contribution in [3.8, 4) is 17.2 Å². The van der Waals surface area contributed by atoms with Gasteiger partial charge in [-0.25, -0.2) is 18.6 Å². The Morgan fingerprint density at radius 3 is 2.19 bits per heavy atom. The van der Waals surface area contributed by atoms with Gasteiger partial charge < -0.3 is 24.6 Å². The molecule has 0 aliphatic carbocycles. The van der Waals surface area contributed by atoms with Crippen LogP contribution in [0, 0.1) is 18.6 Å². The van der Waals surface area contributed by atoms with Crippen molar-refractivity contribution in [1.82, 2.24) is 10.3 Å². The van der Waals surface area contributed by atoms with Crippen molar-refractivity contribution < 1.29 is 37.7 Å². The van der Waals surface area contributed by atoms with E-state index in [0.717, 1.165) is 0 Å². The Morgan fingerprint density at radius 2 is 1.57 bits per heavy atom. The van der Waals surface area contributed by atoms with Crippen molar-refractivity contribution in [1.29, 1.82) is 0 Å². The van der Waals surface area contributed by atoms with Gasteiger partial charge in [0.05, 0.1) is 14.2 Å². The first-order chi connectivity index (χ1) is 17.6. The fourth-order valence-electron chi connectivity index (χ4n) is 4.05. The number of ether oxygens (including phenoxy) is 3. The minimum Gasteiger partial charge on any atom is -0.503 e. The number of aromatic nitrogens is 1. The van der Waals surface area contributed by atoms with Crippen LogP contribution < -0.4 is 14.8 Å². The lowest BCUT2D eigenvalue weighted by atomic mass is 9.84. The third-order valence-electron chi connectivity index (χ3n) is 5.89. The van der Waals surface area contributed by atoms with Gasteiger partial charge in [0, 0.05) is 29.8 Å². The SMILES string of the molecule is COc1cc(F)ccc1[C@H](c1ccc(F)cc1C)[C@H](C)OC(=O)[C@H](C)NC(=O)c1nccc(OC)c1O. The first kappa shape index (κ1) is 27.4. The van der Waals surface area contributed by atoms with Crippen LogP contribution in [0.5, 0.6) is 17.2 Å². The van der Waals surface area contributed by atoms with E-state index in [0.29, 0.717) is 16.7 Å². The number of carbonyl (C=O) groups is 2. The van der Waals surface area contributed by atoms with E-state index >= 15 is 0 Å². The third-order valence-corrected chi connectivity index (χ3v) is 5.89. The van der Waals surface area contributed by atoms with Crippen molar-refractivity contribution >= 4 is 11.9 Å². The van der Waals surface area contributed by atoms with Crippen LogP contribution in [0.3, 0.4) is 0 Å². The average molecular weight is 515 g/mol. The molecule has 0 unspecified atom stereocenters. The second kappa shape index (κ2) is 11.7. The van der Waals surface area contributed by atoms with Gasteiger partial charge in [-0.15, -0.1) is 0 Å². The Morgan fingerprint density at radius 1 is 0.946 bits per heavy atom. The predicted octanol–water partition coefficient (Wildman–Crippen LogP) is 4.27. The standard InChI is InChI=1S/C27H28F2N2O6/c1-14-12-17(28)6-8-19(14)23(20-9-7-18(29)13-22(20)36-5)16(3)37-27(34)15(2)31-26(33)24-25(32)21(35-4)10-11-30-24/h6-13,15-16,23,32H,1-5H3,(H,31,33)/t15-,16-,23-/m0/s1. The Kier molecular flexibility index (Phi) is 8.65. The minimum atomic E-state index is -1.12. The van der Waals surface area contributed by atoms with Crippen LogP contribution in [0.25, 0.3) is 0 Å². The lowest BCUT2D eigenvalue weighted by molar-refractivity contribution is -0.150. The fraction of sp³-hybridized carbons (Fsp3) is 0.296. The Labute approximate surface area is 213 Å². The summed E-state index contributed by atoms with van der Waals surface area (Å²) in [6.45, 7) is 4.77. The third kappa shape index (κ3) is 6.14. The van der Waals surface area contributed by atoms with Crippen LogP contribution in [0.15, 0.2) is 48.7 Å². The van der Waals surface area contributed by atoms with Gasteiger partial charge in [-0.1, -0.05) is 12.1 Å². The largest absolute Gasteiger partial charge is 0.503 e. The zero-order valence-electron chi connectivity index (χ0n) is 21.0. The minimum absolute atomic E-state index is 0.0507. The average Bonchev–Trinajstić information content (AvgIpc) is 2.86. The topological polar surface area (TPSA) is 107 Å². The zero-order valence-corrected chi connectivity index (χ0v) is 21.0. The number of aryl methyl sites for hydroxylation is 1. The van der Waals surface area contributed by atoms with E-state index in [9.17, 15) is 23.5 Å². The number of esters is 1. The summed E-state index contributed by atoms with van der Waals surface area (Å²) in [5.74, 6) is -3.34. The quantitative estimate of drug-likeness (QED) is 0.411. The molecule has 3 aromatic rings. The number of methoxy groups -OCH3 is 2. The molecule has 1 aromatic heterocycles. The summed E-state index contributed by atoms with van der Waals surface area (Å²) in [6.07, 6.45) is 0.447. The highest BCUT2D eigenvalue weighted by Crippen LogP contribution is 2.38. The molecule has 0 aliphatic rings. The molecule has 3 rings (SSSR count).